The SMILES string of the molecule is CN=C(NCCC(=O)N(C)C)NCc1cc(Cl)ccc1OC(F)F. The fourth-order valence-corrected chi connectivity index (χ4v) is 2.00. The molecule has 0 heterocycles. The van der Waals surface area contributed by atoms with Gasteiger partial charge in [0.15, 0.2) is 5.96 Å². The van der Waals surface area contributed by atoms with Crippen LogP contribution in [-0.2, 0) is 11.3 Å². The van der Waals surface area contributed by atoms with Crippen LogP contribution in [-0.4, -0.2) is 51.1 Å². The highest BCUT2D eigenvalue weighted by Crippen LogP contribution is 2.24. The maximum absolute atomic E-state index is 12.4. The molecule has 0 spiro atoms. The van der Waals surface area contributed by atoms with E-state index in [2.05, 4.69) is 20.4 Å². The van der Waals surface area contributed by atoms with Crippen LogP contribution in [0.5, 0.6) is 5.75 Å². The van der Waals surface area contributed by atoms with E-state index in [1.807, 2.05) is 0 Å². The van der Waals surface area contributed by atoms with Gasteiger partial charge in [-0.3, -0.25) is 9.79 Å². The van der Waals surface area contributed by atoms with Crippen LogP contribution in [0.1, 0.15) is 12.0 Å². The summed E-state index contributed by atoms with van der Waals surface area (Å²) in [6, 6.07) is 4.40. The van der Waals surface area contributed by atoms with Gasteiger partial charge in [-0.1, -0.05) is 11.6 Å². The first-order valence-electron chi connectivity index (χ1n) is 7.21. The number of carbonyl (C=O) groups is 1. The van der Waals surface area contributed by atoms with E-state index in [1.165, 1.54) is 23.1 Å². The summed E-state index contributed by atoms with van der Waals surface area (Å²) >= 11 is 5.89. The van der Waals surface area contributed by atoms with Crippen molar-refractivity contribution in [3.63, 3.8) is 0 Å². The Hall–Kier alpha value is -2.09. The van der Waals surface area contributed by atoms with E-state index in [1.54, 1.807) is 21.1 Å². The average Bonchev–Trinajstić information content (AvgIpc) is 2.52. The fourth-order valence-electron chi connectivity index (χ4n) is 1.81. The van der Waals surface area contributed by atoms with Gasteiger partial charge in [-0.15, -0.1) is 0 Å². The molecule has 1 amide bonds. The minimum Gasteiger partial charge on any atom is -0.434 e. The summed E-state index contributed by atoms with van der Waals surface area (Å²) < 4.78 is 29.3. The van der Waals surface area contributed by atoms with Crippen molar-refractivity contribution in [2.75, 3.05) is 27.7 Å². The number of hydrogen-bond donors (Lipinski definition) is 2. The Labute approximate surface area is 144 Å². The Morgan fingerprint density at radius 3 is 2.67 bits per heavy atom. The van der Waals surface area contributed by atoms with Gasteiger partial charge in [-0.05, 0) is 18.2 Å². The maximum Gasteiger partial charge on any atom is 0.387 e. The van der Waals surface area contributed by atoms with E-state index in [0.717, 1.165) is 0 Å². The lowest BCUT2D eigenvalue weighted by atomic mass is 10.2. The van der Waals surface area contributed by atoms with Crippen molar-refractivity contribution in [2.24, 2.45) is 4.99 Å². The van der Waals surface area contributed by atoms with Crippen LogP contribution in [0.15, 0.2) is 23.2 Å². The Morgan fingerprint density at radius 2 is 2.08 bits per heavy atom. The monoisotopic (exact) mass is 362 g/mol. The molecule has 1 aromatic carbocycles. The number of nitrogens with zero attached hydrogens (tertiary/aromatic N) is 2. The topological polar surface area (TPSA) is 66.0 Å². The third kappa shape index (κ3) is 6.99. The van der Waals surface area contributed by atoms with E-state index < -0.39 is 6.61 Å². The molecule has 1 rings (SSSR count). The van der Waals surface area contributed by atoms with Gasteiger partial charge in [-0.25, -0.2) is 0 Å². The molecule has 0 aliphatic carbocycles. The van der Waals surface area contributed by atoms with Crippen LogP contribution in [0.2, 0.25) is 5.02 Å². The van der Waals surface area contributed by atoms with Crippen LogP contribution in [0.3, 0.4) is 0 Å². The summed E-state index contributed by atoms with van der Waals surface area (Å²) in [6.45, 7) is -2.34. The van der Waals surface area contributed by atoms with Crippen LogP contribution in [0, 0.1) is 0 Å². The number of halogens is 3. The van der Waals surface area contributed by atoms with E-state index in [-0.39, 0.29) is 18.2 Å². The number of guanidine groups is 1. The summed E-state index contributed by atoms with van der Waals surface area (Å²) in [5.74, 6) is 0.463. The molecular formula is C15H21ClF2N4O2. The first kappa shape index (κ1) is 20.0. The molecule has 0 saturated heterocycles. The van der Waals surface area contributed by atoms with E-state index in [0.29, 0.717) is 29.5 Å². The van der Waals surface area contributed by atoms with E-state index >= 15 is 0 Å². The fraction of sp³-hybridized carbons (Fsp3) is 0.467. The first-order chi connectivity index (χ1) is 11.3. The number of hydrogen-bond acceptors (Lipinski definition) is 3. The van der Waals surface area contributed by atoms with Gasteiger partial charge < -0.3 is 20.3 Å². The smallest absolute Gasteiger partial charge is 0.387 e. The molecule has 0 radical (unpaired) electrons. The second-order valence-corrected chi connectivity index (χ2v) is 5.46. The number of aliphatic imine (C=N–C) groups is 1. The zero-order valence-corrected chi connectivity index (χ0v) is 14.5. The number of alkyl halides is 2. The van der Waals surface area contributed by atoms with Crippen LogP contribution in [0.25, 0.3) is 0 Å². The largest absolute Gasteiger partial charge is 0.434 e. The maximum atomic E-state index is 12.4. The molecule has 0 bridgehead atoms. The second kappa shape index (κ2) is 9.92. The van der Waals surface area contributed by atoms with Crippen LogP contribution >= 0.6 is 11.6 Å². The molecule has 0 unspecified atom stereocenters. The van der Waals surface area contributed by atoms with Gasteiger partial charge in [0.05, 0.1) is 0 Å². The molecular weight excluding hydrogens is 342 g/mol. The molecule has 0 aromatic heterocycles. The Bertz CT molecular complexity index is 583. The van der Waals surface area contributed by atoms with Gasteiger partial charge in [0, 0.05) is 51.2 Å². The third-order valence-corrected chi connectivity index (χ3v) is 3.27. The number of amides is 1. The highest BCUT2D eigenvalue weighted by atomic mass is 35.5. The number of benzene rings is 1. The summed E-state index contributed by atoms with van der Waals surface area (Å²) in [5.41, 5.74) is 0.468. The predicted molar refractivity (Wildman–Crippen MR) is 89.6 cm³/mol. The van der Waals surface area contributed by atoms with Gasteiger partial charge in [0.1, 0.15) is 5.75 Å². The summed E-state index contributed by atoms with van der Waals surface area (Å²) in [6.07, 6.45) is 0.310. The lowest BCUT2D eigenvalue weighted by Crippen LogP contribution is -2.38. The Kier molecular flexibility index (Phi) is 8.25. The van der Waals surface area contributed by atoms with Crippen molar-refractivity contribution in [2.45, 2.75) is 19.6 Å². The van der Waals surface area contributed by atoms with Crippen molar-refractivity contribution in [1.29, 1.82) is 0 Å². The molecule has 24 heavy (non-hydrogen) atoms. The van der Waals surface area contributed by atoms with Gasteiger partial charge in [0.2, 0.25) is 5.91 Å². The van der Waals surface area contributed by atoms with Crippen molar-refractivity contribution in [1.82, 2.24) is 15.5 Å². The molecule has 0 atom stereocenters. The molecule has 6 nitrogen and oxygen atoms in total. The quantitative estimate of drug-likeness (QED) is 0.576. The second-order valence-electron chi connectivity index (χ2n) is 5.02. The van der Waals surface area contributed by atoms with Crippen molar-refractivity contribution < 1.29 is 18.3 Å². The van der Waals surface area contributed by atoms with E-state index in [9.17, 15) is 13.6 Å². The number of carbonyl (C=O) groups excluding carboxylic acids is 1. The van der Waals surface area contributed by atoms with Crippen molar-refractivity contribution in [3.05, 3.63) is 28.8 Å². The lowest BCUT2D eigenvalue weighted by Gasteiger charge is -2.15. The highest BCUT2D eigenvalue weighted by molar-refractivity contribution is 6.30. The lowest BCUT2D eigenvalue weighted by molar-refractivity contribution is -0.128. The zero-order chi connectivity index (χ0) is 18.1. The molecule has 0 saturated carbocycles. The molecule has 134 valence electrons. The van der Waals surface area contributed by atoms with Crippen molar-refractivity contribution >= 4 is 23.5 Å². The minimum absolute atomic E-state index is 0.0135. The summed E-state index contributed by atoms with van der Waals surface area (Å²) in [7, 11) is 4.93. The normalized spacial score (nSPS) is 11.4. The van der Waals surface area contributed by atoms with Gasteiger partial charge in [-0.2, -0.15) is 8.78 Å². The number of rotatable bonds is 7. The third-order valence-electron chi connectivity index (χ3n) is 3.04. The molecule has 0 fully saturated rings. The molecule has 0 aliphatic heterocycles. The Morgan fingerprint density at radius 1 is 1.38 bits per heavy atom. The molecule has 9 heteroatoms. The van der Waals surface area contributed by atoms with Gasteiger partial charge >= 0.3 is 6.61 Å². The highest BCUT2D eigenvalue weighted by Gasteiger charge is 2.11. The number of nitrogens with one attached hydrogen (secondary N) is 2. The molecule has 0 aliphatic rings. The summed E-state index contributed by atoms with van der Waals surface area (Å²) in [4.78, 5) is 17.0. The van der Waals surface area contributed by atoms with Crippen molar-refractivity contribution in [3.8, 4) is 5.75 Å². The zero-order valence-electron chi connectivity index (χ0n) is 13.8. The predicted octanol–water partition coefficient (Wildman–Crippen LogP) is 2.08. The first-order valence-corrected chi connectivity index (χ1v) is 7.59. The van der Waals surface area contributed by atoms with Crippen LogP contribution < -0.4 is 15.4 Å². The van der Waals surface area contributed by atoms with E-state index in [4.69, 9.17) is 11.6 Å². The Balaban J connectivity index is 2.59. The molecule has 2 N–H and O–H groups in total. The standard InChI is InChI=1S/C15H21ClF2N4O2/c1-19-15(20-7-6-13(23)22(2)3)21-9-10-8-11(16)4-5-12(10)24-14(17)18/h4-5,8,14H,6-7,9H2,1-3H3,(H2,19,20,21). The number of ether oxygens (including phenoxy) is 1. The minimum atomic E-state index is -2.92. The molecule has 1 aromatic rings. The summed E-state index contributed by atoms with van der Waals surface area (Å²) in [5, 5.41) is 6.34. The average molecular weight is 363 g/mol. The van der Waals surface area contributed by atoms with Crippen LogP contribution in [0.4, 0.5) is 8.78 Å². The van der Waals surface area contributed by atoms with Gasteiger partial charge in [0.25, 0.3) is 0 Å².